The van der Waals surface area contributed by atoms with Gasteiger partial charge < -0.3 is 20.2 Å². The third kappa shape index (κ3) is 2.18. The molecule has 0 saturated carbocycles. The highest BCUT2D eigenvalue weighted by atomic mass is 16.5. The molecular weight excluding hydrogens is 218 g/mol. The Labute approximate surface area is 99.6 Å². The van der Waals surface area contributed by atoms with Gasteiger partial charge in [-0.05, 0) is 19.1 Å². The molecule has 1 aromatic heterocycles. The molecule has 0 saturated heterocycles. The van der Waals surface area contributed by atoms with Gasteiger partial charge in [-0.3, -0.25) is 0 Å². The van der Waals surface area contributed by atoms with Gasteiger partial charge in [-0.25, -0.2) is 4.98 Å². The zero-order valence-electron chi connectivity index (χ0n) is 9.86. The molecule has 0 aliphatic rings. The Morgan fingerprint density at radius 2 is 2.24 bits per heavy atom. The maximum Gasteiger partial charge on any atom is 0.197 e. The fourth-order valence-electron chi connectivity index (χ4n) is 1.68. The van der Waals surface area contributed by atoms with Crippen molar-refractivity contribution in [2.45, 2.75) is 6.92 Å². The Balaban J connectivity index is 2.49. The summed E-state index contributed by atoms with van der Waals surface area (Å²) in [6, 6.07) is 5.69. The van der Waals surface area contributed by atoms with E-state index in [1.54, 1.807) is 13.3 Å². The number of benzene rings is 1. The molecule has 17 heavy (non-hydrogen) atoms. The zero-order valence-corrected chi connectivity index (χ0v) is 9.86. The summed E-state index contributed by atoms with van der Waals surface area (Å²) in [7, 11) is 1.61. The van der Waals surface area contributed by atoms with E-state index in [9.17, 15) is 0 Å². The second-order valence-corrected chi connectivity index (χ2v) is 3.45. The van der Waals surface area contributed by atoms with Crippen LogP contribution >= 0.6 is 0 Å². The predicted octanol–water partition coefficient (Wildman–Crippen LogP) is 2.07. The normalized spacial score (nSPS) is 10.2. The Morgan fingerprint density at radius 3 is 2.82 bits per heavy atom. The first-order chi connectivity index (χ1) is 8.26. The van der Waals surface area contributed by atoms with Crippen molar-refractivity contribution < 1.29 is 9.47 Å². The number of nitrogens with two attached hydrogens (primary N) is 1. The lowest BCUT2D eigenvalue weighted by Crippen LogP contribution is -1.97. The highest BCUT2D eigenvalue weighted by Crippen LogP contribution is 2.37. The number of para-hydroxylation sites is 1. The number of methoxy groups -OCH3 is 1. The van der Waals surface area contributed by atoms with Gasteiger partial charge in [-0.1, -0.05) is 6.07 Å². The number of ether oxygens (including phenoxy) is 2. The summed E-state index contributed by atoms with van der Waals surface area (Å²) >= 11 is 0. The van der Waals surface area contributed by atoms with Gasteiger partial charge in [0.2, 0.25) is 0 Å². The van der Waals surface area contributed by atoms with E-state index in [2.05, 4.69) is 9.97 Å². The molecule has 0 fully saturated rings. The van der Waals surface area contributed by atoms with Gasteiger partial charge >= 0.3 is 0 Å². The number of rotatable bonds is 4. The molecule has 0 unspecified atom stereocenters. The molecule has 0 radical (unpaired) electrons. The van der Waals surface area contributed by atoms with Gasteiger partial charge in [0.15, 0.2) is 17.4 Å². The average Bonchev–Trinajstić information content (AvgIpc) is 2.76. The number of hydrogen-bond acceptors (Lipinski definition) is 4. The van der Waals surface area contributed by atoms with Gasteiger partial charge in [-0.15, -0.1) is 0 Å². The van der Waals surface area contributed by atoms with Crippen LogP contribution in [0.3, 0.4) is 0 Å². The maximum atomic E-state index is 5.57. The fraction of sp³-hybridized carbons (Fsp3) is 0.250. The number of imidazole rings is 1. The van der Waals surface area contributed by atoms with Crippen LogP contribution in [0.5, 0.6) is 11.5 Å². The summed E-state index contributed by atoms with van der Waals surface area (Å²) in [4.78, 5) is 6.94. The lowest BCUT2D eigenvalue weighted by atomic mass is 10.1. The van der Waals surface area contributed by atoms with E-state index in [0.717, 1.165) is 11.3 Å². The molecule has 3 N–H and O–H groups in total. The van der Waals surface area contributed by atoms with Crippen molar-refractivity contribution in [2.24, 2.45) is 0 Å². The van der Waals surface area contributed by atoms with Crippen molar-refractivity contribution in [3.63, 3.8) is 0 Å². The largest absolute Gasteiger partial charge is 0.492 e. The van der Waals surface area contributed by atoms with Crippen molar-refractivity contribution in [1.29, 1.82) is 0 Å². The molecule has 5 nitrogen and oxygen atoms in total. The van der Waals surface area contributed by atoms with Crippen molar-refractivity contribution in [3.8, 4) is 22.8 Å². The minimum atomic E-state index is 0.379. The number of nitrogens with one attached hydrogen (secondary N) is 1. The Hall–Kier alpha value is -2.17. The molecule has 1 aromatic carbocycles. The van der Waals surface area contributed by atoms with Crippen molar-refractivity contribution >= 4 is 5.95 Å². The number of anilines is 1. The summed E-state index contributed by atoms with van der Waals surface area (Å²) in [5, 5.41) is 0. The SMILES string of the molecule is CCOc1cccc(-c2cnc(N)[nH]2)c1OC. The standard InChI is InChI=1S/C12H15N3O2/c1-3-17-10-6-4-5-8(11(10)16-2)9-7-14-12(13)15-9/h4-7H,3H2,1-2H3,(H3,13,14,15). The quantitative estimate of drug-likeness (QED) is 0.847. The van der Waals surface area contributed by atoms with E-state index < -0.39 is 0 Å². The maximum absolute atomic E-state index is 5.57. The number of aromatic amines is 1. The van der Waals surface area contributed by atoms with Crippen LogP contribution in [0.15, 0.2) is 24.4 Å². The molecule has 0 aliphatic carbocycles. The molecule has 0 bridgehead atoms. The van der Waals surface area contributed by atoms with Crippen LogP contribution in [0.1, 0.15) is 6.92 Å². The molecule has 0 aliphatic heterocycles. The molecule has 90 valence electrons. The topological polar surface area (TPSA) is 73.2 Å². The average molecular weight is 233 g/mol. The number of aromatic nitrogens is 2. The third-order valence-corrected chi connectivity index (χ3v) is 2.37. The van der Waals surface area contributed by atoms with Gasteiger partial charge in [0.05, 0.1) is 25.6 Å². The molecule has 0 atom stereocenters. The van der Waals surface area contributed by atoms with E-state index in [4.69, 9.17) is 15.2 Å². The van der Waals surface area contributed by atoms with Crippen LogP contribution in [-0.2, 0) is 0 Å². The molecule has 1 heterocycles. The highest BCUT2D eigenvalue weighted by molar-refractivity contribution is 5.71. The third-order valence-electron chi connectivity index (χ3n) is 2.37. The first-order valence-electron chi connectivity index (χ1n) is 5.37. The van der Waals surface area contributed by atoms with Crippen molar-refractivity contribution in [2.75, 3.05) is 19.5 Å². The smallest absolute Gasteiger partial charge is 0.197 e. The summed E-state index contributed by atoms with van der Waals surface area (Å²) in [6.45, 7) is 2.52. The summed E-state index contributed by atoms with van der Waals surface area (Å²) in [5.41, 5.74) is 7.25. The zero-order chi connectivity index (χ0) is 12.3. The highest BCUT2D eigenvalue weighted by Gasteiger charge is 2.13. The minimum Gasteiger partial charge on any atom is -0.492 e. The van der Waals surface area contributed by atoms with Crippen molar-refractivity contribution in [1.82, 2.24) is 9.97 Å². The Kier molecular flexibility index (Phi) is 3.18. The lowest BCUT2D eigenvalue weighted by molar-refractivity contribution is 0.311. The fourth-order valence-corrected chi connectivity index (χ4v) is 1.68. The van der Waals surface area contributed by atoms with Crippen LogP contribution < -0.4 is 15.2 Å². The van der Waals surface area contributed by atoms with Gasteiger partial charge in [0.25, 0.3) is 0 Å². The van der Waals surface area contributed by atoms with Crippen LogP contribution in [0.4, 0.5) is 5.95 Å². The number of H-pyrrole nitrogens is 1. The van der Waals surface area contributed by atoms with Crippen molar-refractivity contribution in [3.05, 3.63) is 24.4 Å². The summed E-state index contributed by atoms with van der Waals surface area (Å²) < 4.78 is 10.9. The van der Waals surface area contributed by atoms with Crippen LogP contribution in [0.25, 0.3) is 11.3 Å². The van der Waals surface area contributed by atoms with Crippen LogP contribution in [0.2, 0.25) is 0 Å². The first kappa shape index (κ1) is 11.3. The first-order valence-corrected chi connectivity index (χ1v) is 5.37. The minimum absolute atomic E-state index is 0.379. The van der Waals surface area contributed by atoms with E-state index in [1.165, 1.54) is 0 Å². The van der Waals surface area contributed by atoms with Gasteiger partial charge in [-0.2, -0.15) is 0 Å². The molecular formula is C12H15N3O2. The van der Waals surface area contributed by atoms with E-state index >= 15 is 0 Å². The summed E-state index contributed by atoms with van der Waals surface area (Å²) in [6.07, 6.45) is 1.67. The molecule has 2 rings (SSSR count). The molecule has 2 aromatic rings. The predicted molar refractivity (Wildman–Crippen MR) is 66.2 cm³/mol. The lowest BCUT2D eigenvalue weighted by Gasteiger charge is -2.12. The molecule has 0 spiro atoms. The number of nitrogens with zero attached hydrogens (tertiary/aromatic N) is 1. The number of hydrogen-bond donors (Lipinski definition) is 2. The second kappa shape index (κ2) is 4.78. The Bertz CT molecular complexity index is 508. The Morgan fingerprint density at radius 1 is 1.41 bits per heavy atom. The number of nitrogen functional groups attached to an aromatic ring is 1. The van der Waals surface area contributed by atoms with Crippen LogP contribution in [-0.4, -0.2) is 23.7 Å². The monoisotopic (exact) mass is 233 g/mol. The van der Waals surface area contributed by atoms with Gasteiger partial charge in [0, 0.05) is 5.56 Å². The molecule has 0 amide bonds. The summed E-state index contributed by atoms with van der Waals surface area (Å²) in [5.74, 6) is 1.77. The van der Waals surface area contributed by atoms with E-state index in [0.29, 0.717) is 24.1 Å². The second-order valence-electron chi connectivity index (χ2n) is 3.45. The van der Waals surface area contributed by atoms with E-state index in [-0.39, 0.29) is 0 Å². The van der Waals surface area contributed by atoms with Gasteiger partial charge in [0.1, 0.15) is 0 Å². The molecule has 5 heteroatoms. The van der Waals surface area contributed by atoms with Crippen LogP contribution in [0, 0.1) is 0 Å². The van der Waals surface area contributed by atoms with E-state index in [1.807, 2.05) is 25.1 Å².